The van der Waals surface area contributed by atoms with Gasteiger partial charge in [0.15, 0.2) is 0 Å². The van der Waals surface area contributed by atoms with E-state index in [0.717, 1.165) is 5.88 Å². The highest BCUT2D eigenvalue weighted by atomic mass is 35.5. The number of hydrogen-bond acceptors (Lipinski definition) is 1. The van der Waals surface area contributed by atoms with E-state index in [9.17, 15) is 0 Å². The van der Waals surface area contributed by atoms with Crippen molar-refractivity contribution in [3.05, 3.63) is 0 Å². The molecule has 0 aliphatic heterocycles. The highest BCUT2D eigenvalue weighted by molar-refractivity contribution is 7.81. The van der Waals surface area contributed by atoms with Gasteiger partial charge in [0.05, 0.1) is 0 Å². The molecule has 0 aromatic rings. The molecule has 1 fully saturated rings. The Morgan fingerprint density at radius 1 is 1.33 bits per heavy atom. The van der Waals surface area contributed by atoms with Crippen LogP contribution in [0.3, 0.4) is 0 Å². The van der Waals surface area contributed by atoms with Crippen LogP contribution in [0.5, 0.6) is 0 Å². The summed E-state index contributed by atoms with van der Waals surface area (Å²) >= 11 is 10.2. The van der Waals surface area contributed by atoms with Gasteiger partial charge in [-0.05, 0) is 18.8 Å². The van der Waals surface area contributed by atoms with Crippen molar-refractivity contribution >= 4 is 24.2 Å². The van der Waals surface area contributed by atoms with Crippen LogP contribution in [0.2, 0.25) is 0 Å². The Hall–Kier alpha value is 0.640. The molecule has 0 heterocycles. The molecule has 1 rings (SSSR count). The summed E-state index contributed by atoms with van der Waals surface area (Å²) in [5.41, 5.74) is 0. The zero-order valence-electron chi connectivity index (χ0n) is 5.52. The zero-order valence-corrected chi connectivity index (χ0v) is 7.17. The third-order valence-corrected chi connectivity index (χ3v) is 3.14. The van der Waals surface area contributed by atoms with Crippen LogP contribution >= 0.6 is 24.2 Å². The van der Waals surface area contributed by atoms with Crippen LogP contribution in [-0.4, -0.2) is 11.1 Å². The van der Waals surface area contributed by atoms with E-state index in [0.29, 0.717) is 11.2 Å². The van der Waals surface area contributed by atoms with Crippen LogP contribution in [0.1, 0.15) is 25.7 Å². The van der Waals surface area contributed by atoms with E-state index in [1.165, 1.54) is 25.7 Å². The summed E-state index contributed by atoms with van der Waals surface area (Å²) in [7, 11) is 0. The Labute approximate surface area is 67.4 Å². The van der Waals surface area contributed by atoms with Gasteiger partial charge < -0.3 is 0 Å². The molecule has 0 saturated heterocycles. The van der Waals surface area contributed by atoms with Crippen molar-refractivity contribution in [3.8, 4) is 0 Å². The predicted octanol–water partition coefficient (Wildman–Crippen LogP) is 2.71. The molecule has 0 bridgehead atoms. The van der Waals surface area contributed by atoms with Crippen molar-refractivity contribution < 1.29 is 0 Å². The van der Waals surface area contributed by atoms with Crippen LogP contribution in [0.25, 0.3) is 0 Å². The van der Waals surface area contributed by atoms with E-state index in [1.54, 1.807) is 0 Å². The lowest BCUT2D eigenvalue weighted by atomic mass is 9.90. The van der Waals surface area contributed by atoms with Gasteiger partial charge in [0.2, 0.25) is 0 Å². The molecule has 0 N–H and O–H groups in total. The molecule has 1 saturated carbocycles. The average Bonchev–Trinajstić information content (AvgIpc) is 1.89. The van der Waals surface area contributed by atoms with Crippen molar-refractivity contribution in [2.45, 2.75) is 30.9 Å². The van der Waals surface area contributed by atoms with Crippen LogP contribution in [0, 0.1) is 5.92 Å². The van der Waals surface area contributed by atoms with E-state index in [1.807, 2.05) is 0 Å². The molecule has 0 aromatic carbocycles. The third kappa shape index (κ3) is 2.05. The van der Waals surface area contributed by atoms with Gasteiger partial charge in [-0.3, -0.25) is 0 Å². The first kappa shape index (κ1) is 7.74. The van der Waals surface area contributed by atoms with Gasteiger partial charge in [0.1, 0.15) is 0 Å². The van der Waals surface area contributed by atoms with Crippen molar-refractivity contribution in [1.82, 2.24) is 0 Å². The Morgan fingerprint density at radius 3 is 2.44 bits per heavy atom. The van der Waals surface area contributed by atoms with Crippen molar-refractivity contribution in [1.29, 1.82) is 0 Å². The lowest BCUT2D eigenvalue weighted by Crippen LogP contribution is -2.20. The summed E-state index contributed by atoms with van der Waals surface area (Å²) in [5, 5.41) is 0.580. The van der Waals surface area contributed by atoms with E-state index >= 15 is 0 Å². The Bertz CT molecular complexity index is 85.0. The molecule has 0 aromatic heterocycles. The van der Waals surface area contributed by atoms with Crippen molar-refractivity contribution in [3.63, 3.8) is 0 Å². The molecular weight excluding hydrogens is 152 g/mol. The van der Waals surface area contributed by atoms with Gasteiger partial charge in [-0.15, -0.1) is 11.6 Å². The fourth-order valence-electron chi connectivity index (χ4n) is 1.37. The van der Waals surface area contributed by atoms with Crippen LogP contribution in [0.4, 0.5) is 0 Å². The Morgan fingerprint density at radius 2 is 2.00 bits per heavy atom. The first-order chi connectivity index (χ1) is 4.34. The molecule has 54 valence electrons. The quantitative estimate of drug-likeness (QED) is 0.447. The van der Waals surface area contributed by atoms with E-state index < -0.39 is 0 Å². The first-order valence-electron chi connectivity index (χ1n) is 3.58. The van der Waals surface area contributed by atoms with Gasteiger partial charge in [-0.25, -0.2) is 0 Å². The lowest BCUT2D eigenvalue weighted by molar-refractivity contribution is 0.403. The predicted molar refractivity (Wildman–Crippen MR) is 45.5 cm³/mol. The summed E-state index contributed by atoms with van der Waals surface area (Å²) < 4.78 is 0. The largest absolute Gasteiger partial charge is 0.176 e. The zero-order chi connectivity index (χ0) is 6.69. The molecule has 1 aliphatic rings. The maximum absolute atomic E-state index is 5.73. The molecule has 0 radical (unpaired) electrons. The minimum Gasteiger partial charge on any atom is -0.176 e. The highest BCUT2D eigenvalue weighted by Gasteiger charge is 2.20. The number of thiol groups is 1. The molecule has 0 nitrogen and oxygen atoms in total. The van der Waals surface area contributed by atoms with Crippen molar-refractivity contribution in [2.24, 2.45) is 5.92 Å². The fourth-order valence-corrected chi connectivity index (χ4v) is 2.30. The monoisotopic (exact) mass is 164 g/mol. The SMILES string of the molecule is S[C@@H]1CCCC[C@H]1CCl. The van der Waals surface area contributed by atoms with Gasteiger partial charge in [-0.2, -0.15) is 12.6 Å². The molecular formula is C7H13ClS. The van der Waals surface area contributed by atoms with Crippen LogP contribution in [0.15, 0.2) is 0 Å². The summed E-state index contributed by atoms with van der Waals surface area (Å²) in [6, 6.07) is 0. The molecule has 2 heteroatoms. The number of rotatable bonds is 1. The molecule has 2 atom stereocenters. The maximum atomic E-state index is 5.73. The normalized spacial score (nSPS) is 36.7. The minimum atomic E-state index is 0.580. The highest BCUT2D eigenvalue weighted by Crippen LogP contribution is 2.28. The Balaban J connectivity index is 2.30. The molecule has 0 spiro atoms. The number of alkyl halides is 1. The van der Waals surface area contributed by atoms with E-state index in [4.69, 9.17) is 11.6 Å². The molecule has 0 amide bonds. The fraction of sp³-hybridized carbons (Fsp3) is 1.00. The molecule has 0 unspecified atom stereocenters. The summed E-state index contributed by atoms with van der Waals surface area (Å²) in [5.74, 6) is 1.48. The third-order valence-electron chi connectivity index (χ3n) is 2.07. The van der Waals surface area contributed by atoms with Gasteiger partial charge in [0.25, 0.3) is 0 Å². The van der Waals surface area contributed by atoms with Crippen LogP contribution < -0.4 is 0 Å². The molecule has 9 heavy (non-hydrogen) atoms. The topological polar surface area (TPSA) is 0 Å². The van der Waals surface area contributed by atoms with Crippen LogP contribution in [-0.2, 0) is 0 Å². The van der Waals surface area contributed by atoms with Gasteiger partial charge in [0, 0.05) is 11.1 Å². The number of hydrogen-bond donors (Lipinski definition) is 1. The first-order valence-corrected chi connectivity index (χ1v) is 4.63. The second-order valence-electron chi connectivity index (χ2n) is 2.77. The van der Waals surface area contributed by atoms with E-state index in [-0.39, 0.29) is 0 Å². The lowest BCUT2D eigenvalue weighted by Gasteiger charge is -2.25. The maximum Gasteiger partial charge on any atom is 0.0262 e. The van der Waals surface area contributed by atoms with Gasteiger partial charge >= 0.3 is 0 Å². The average molecular weight is 165 g/mol. The second-order valence-corrected chi connectivity index (χ2v) is 3.74. The molecule has 1 aliphatic carbocycles. The summed E-state index contributed by atoms with van der Waals surface area (Å²) in [4.78, 5) is 0. The summed E-state index contributed by atoms with van der Waals surface area (Å²) in [6.45, 7) is 0. The summed E-state index contributed by atoms with van der Waals surface area (Å²) in [6.07, 6.45) is 5.26. The van der Waals surface area contributed by atoms with Crippen molar-refractivity contribution in [2.75, 3.05) is 5.88 Å². The smallest absolute Gasteiger partial charge is 0.0262 e. The minimum absolute atomic E-state index is 0.580. The number of halogens is 1. The van der Waals surface area contributed by atoms with Gasteiger partial charge in [-0.1, -0.05) is 12.8 Å². The standard InChI is InChI=1S/C7H13ClS/c8-5-6-3-1-2-4-7(6)9/h6-7,9H,1-5H2/t6-,7+/m0/s1. The Kier molecular flexibility index (Phi) is 3.20. The van der Waals surface area contributed by atoms with E-state index in [2.05, 4.69) is 12.6 Å². The second kappa shape index (κ2) is 3.72.